The molecule has 0 bridgehead atoms. The maximum Gasteiger partial charge on any atom is 0.242 e. The van der Waals surface area contributed by atoms with Crippen molar-refractivity contribution in [1.29, 1.82) is 0 Å². The molecule has 0 radical (unpaired) electrons. The molecule has 0 unspecified atom stereocenters. The lowest BCUT2D eigenvalue weighted by molar-refractivity contribution is -0.125. The van der Waals surface area contributed by atoms with Crippen LogP contribution in [0.4, 0.5) is 5.69 Å². The molecule has 25 heavy (non-hydrogen) atoms. The first kappa shape index (κ1) is 18.5. The minimum Gasteiger partial charge on any atom is -0.393 e. The Labute approximate surface area is 157 Å². The molecule has 2 aliphatic heterocycles. The van der Waals surface area contributed by atoms with E-state index < -0.39 is 0 Å². The van der Waals surface area contributed by atoms with Crippen LogP contribution in [-0.2, 0) is 4.79 Å². The Bertz CT molecular complexity index is 675. The molecule has 2 heterocycles. The van der Waals surface area contributed by atoms with Crippen LogP contribution in [-0.4, -0.2) is 53.5 Å². The van der Waals surface area contributed by atoms with Crippen LogP contribution >= 0.6 is 23.2 Å². The zero-order valence-electron chi connectivity index (χ0n) is 14.1. The van der Waals surface area contributed by atoms with Crippen molar-refractivity contribution in [3.63, 3.8) is 0 Å². The second kappa shape index (κ2) is 7.91. The average molecular weight is 385 g/mol. The van der Waals surface area contributed by atoms with Crippen molar-refractivity contribution in [2.45, 2.75) is 38.3 Å². The zero-order chi connectivity index (χ0) is 18.0. The van der Waals surface area contributed by atoms with Gasteiger partial charge in [-0.15, -0.1) is 0 Å². The number of anilines is 1. The predicted octanol–water partition coefficient (Wildman–Crippen LogP) is 2.48. The third-order valence-electron chi connectivity index (χ3n) is 4.70. The van der Waals surface area contributed by atoms with Crippen molar-refractivity contribution in [3.8, 4) is 0 Å². The van der Waals surface area contributed by atoms with Crippen LogP contribution in [0.25, 0.3) is 0 Å². The fourth-order valence-electron chi connectivity index (χ4n) is 3.06. The average Bonchev–Trinajstić information content (AvgIpc) is 3.06. The number of carbonyl (C=O) groups is 1. The van der Waals surface area contributed by atoms with Gasteiger partial charge in [-0.3, -0.25) is 14.7 Å². The van der Waals surface area contributed by atoms with Crippen LogP contribution in [0.15, 0.2) is 23.3 Å². The summed E-state index contributed by atoms with van der Waals surface area (Å²) >= 11 is 12.0. The number of aliphatic hydroxyl groups excluding tert-OH is 1. The van der Waals surface area contributed by atoms with E-state index in [0.717, 1.165) is 18.8 Å². The molecule has 1 aromatic carbocycles. The molecular formula is C17H22Cl2N4O2. The first-order valence-electron chi connectivity index (χ1n) is 8.47. The highest BCUT2D eigenvalue weighted by molar-refractivity contribution is 6.42. The van der Waals surface area contributed by atoms with Gasteiger partial charge in [-0.25, -0.2) is 0 Å². The van der Waals surface area contributed by atoms with Gasteiger partial charge in [0.25, 0.3) is 0 Å². The first-order valence-corrected chi connectivity index (χ1v) is 9.22. The Balaban J connectivity index is 1.59. The largest absolute Gasteiger partial charge is 0.393 e. The number of amidine groups is 1. The molecule has 3 rings (SSSR count). The normalized spacial score (nSPS) is 20.5. The Morgan fingerprint density at radius 1 is 1.28 bits per heavy atom. The van der Waals surface area contributed by atoms with E-state index in [1.807, 2.05) is 13.0 Å². The summed E-state index contributed by atoms with van der Waals surface area (Å²) in [5.41, 5.74) is 0.844. The highest BCUT2D eigenvalue weighted by atomic mass is 35.5. The third kappa shape index (κ3) is 4.44. The van der Waals surface area contributed by atoms with Crippen molar-refractivity contribution < 1.29 is 9.90 Å². The summed E-state index contributed by atoms with van der Waals surface area (Å²) in [5, 5.41) is 19.8. The Kier molecular flexibility index (Phi) is 5.84. The second-order valence-corrected chi connectivity index (χ2v) is 7.27. The quantitative estimate of drug-likeness (QED) is 0.839. The molecule has 1 aromatic rings. The molecule has 0 spiro atoms. The number of amides is 1. The lowest BCUT2D eigenvalue weighted by atomic mass is 10.1. The molecule has 8 heteroatoms. The van der Waals surface area contributed by atoms with E-state index >= 15 is 0 Å². The number of hydrogen-bond acceptors (Lipinski definition) is 5. The van der Waals surface area contributed by atoms with Crippen LogP contribution in [0.2, 0.25) is 10.0 Å². The van der Waals surface area contributed by atoms with E-state index in [-0.39, 0.29) is 18.1 Å². The molecule has 1 fully saturated rings. The summed E-state index contributed by atoms with van der Waals surface area (Å²) in [6, 6.07) is 5.11. The lowest BCUT2D eigenvalue weighted by Crippen LogP contribution is -2.50. The first-order chi connectivity index (χ1) is 11.9. The number of nitrogens with zero attached hydrogens (tertiary/aromatic N) is 3. The summed E-state index contributed by atoms with van der Waals surface area (Å²) in [6.45, 7) is 4.03. The smallest absolute Gasteiger partial charge is 0.242 e. The minimum atomic E-state index is -0.245. The number of hydrogen-bond donors (Lipinski definition) is 2. The summed E-state index contributed by atoms with van der Waals surface area (Å²) in [4.78, 5) is 14.6. The van der Waals surface area contributed by atoms with E-state index in [4.69, 9.17) is 23.2 Å². The van der Waals surface area contributed by atoms with Crippen molar-refractivity contribution in [2.75, 3.05) is 24.6 Å². The van der Waals surface area contributed by atoms with Gasteiger partial charge in [0, 0.05) is 26.1 Å². The predicted molar refractivity (Wildman–Crippen MR) is 100 cm³/mol. The molecule has 2 N–H and O–H groups in total. The van der Waals surface area contributed by atoms with Crippen molar-refractivity contribution >= 4 is 40.6 Å². The van der Waals surface area contributed by atoms with Crippen LogP contribution < -0.4 is 10.3 Å². The van der Waals surface area contributed by atoms with Crippen molar-refractivity contribution in [1.82, 2.24) is 10.2 Å². The van der Waals surface area contributed by atoms with Crippen LogP contribution in [0.1, 0.15) is 26.2 Å². The fourth-order valence-corrected chi connectivity index (χ4v) is 3.36. The number of hydrazone groups is 1. The van der Waals surface area contributed by atoms with Gasteiger partial charge in [-0.05, 0) is 38.0 Å². The molecule has 1 atom stereocenters. The summed E-state index contributed by atoms with van der Waals surface area (Å²) in [5.74, 6) is 0.589. The summed E-state index contributed by atoms with van der Waals surface area (Å²) in [7, 11) is 0. The Morgan fingerprint density at radius 3 is 2.68 bits per heavy atom. The Morgan fingerprint density at radius 2 is 2.00 bits per heavy atom. The maximum atomic E-state index is 12.5. The van der Waals surface area contributed by atoms with Crippen LogP contribution in [0.5, 0.6) is 0 Å². The van der Waals surface area contributed by atoms with Gasteiger partial charge in [-0.1, -0.05) is 23.2 Å². The maximum absolute atomic E-state index is 12.5. The van der Waals surface area contributed by atoms with E-state index in [2.05, 4.69) is 15.3 Å². The molecule has 136 valence electrons. The van der Waals surface area contributed by atoms with Gasteiger partial charge in [0.15, 0.2) is 0 Å². The number of benzene rings is 1. The molecular weight excluding hydrogens is 363 g/mol. The van der Waals surface area contributed by atoms with Crippen molar-refractivity contribution in [2.24, 2.45) is 5.10 Å². The standard InChI is InChI=1S/C17H22Cl2N4O2/c1-11(22-7-4-13(24)5-8-22)17(25)20-16-6-9-23(21-16)12-2-3-14(18)15(19)10-12/h2-3,10-11,13,24H,4-9H2,1H3,(H,20,21,25)/t11-/m1/s1. The molecule has 0 aliphatic carbocycles. The van der Waals surface area contributed by atoms with Gasteiger partial charge in [0.05, 0.1) is 27.9 Å². The number of piperidine rings is 1. The molecule has 1 amide bonds. The highest BCUT2D eigenvalue weighted by Crippen LogP contribution is 2.28. The number of carbonyl (C=O) groups excluding carboxylic acids is 1. The van der Waals surface area contributed by atoms with Gasteiger partial charge in [0.1, 0.15) is 5.84 Å². The third-order valence-corrected chi connectivity index (χ3v) is 5.44. The van der Waals surface area contributed by atoms with Gasteiger partial charge in [0.2, 0.25) is 5.91 Å². The van der Waals surface area contributed by atoms with E-state index in [1.54, 1.807) is 17.1 Å². The molecule has 6 nitrogen and oxygen atoms in total. The SMILES string of the molecule is C[C@H](C(=O)NC1=NN(c2ccc(Cl)c(Cl)c2)CC1)N1CCC(O)CC1. The number of aliphatic hydroxyl groups is 1. The minimum absolute atomic E-state index is 0.0638. The van der Waals surface area contributed by atoms with Crippen LogP contribution in [0, 0.1) is 0 Å². The fraction of sp³-hybridized carbons (Fsp3) is 0.529. The van der Waals surface area contributed by atoms with Gasteiger partial charge >= 0.3 is 0 Å². The van der Waals surface area contributed by atoms with Crippen molar-refractivity contribution in [3.05, 3.63) is 28.2 Å². The van der Waals surface area contributed by atoms with E-state index in [0.29, 0.717) is 41.7 Å². The number of halogens is 2. The van der Waals surface area contributed by atoms with Gasteiger partial charge in [-0.2, -0.15) is 5.10 Å². The zero-order valence-corrected chi connectivity index (χ0v) is 15.6. The number of nitrogens with one attached hydrogen (secondary N) is 1. The summed E-state index contributed by atoms with van der Waals surface area (Å²) < 4.78 is 0. The topological polar surface area (TPSA) is 68.2 Å². The molecule has 1 saturated heterocycles. The monoisotopic (exact) mass is 384 g/mol. The number of rotatable bonds is 3. The molecule has 2 aliphatic rings. The van der Waals surface area contributed by atoms with Gasteiger partial charge < -0.3 is 10.4 Å². The summed E-state index contributed by atoms with van der Waals surface area (Å²) in [6.07, 6.45) is 1.84. The second-order valence-electron chi connectivity index (χ2n) is 6.45. The Hall–Kier alpha value is -1.34. The van der Waals surface area contributed by atoms with E-state index in [9.17, 15) is 9.90 Å². The highest BCUT2D eigenvalue weighted by Gasteiger charge is 2.27. The van der Waals surface area contributed by atoms with E-state index in [1.165, 1.54) is 0 Å². The lowest BCUT2D eigenvalue weighted by Gasteiger charge is -2.33. The van der Waals surface area contributed by atoms with Crippen LogP contribution in [0.3, 0.4) is 0 Å². The molecule has 0 aromatic heterocycles. The molecule has 0 saturated carbocycles. The number of likely N-dealkylation sites (tertiary alicyclic amines) is 1.